The second-order valence-electron chi connectivity index (χ2n) is 9.08. The molecule has 0 radical (unpaired) electrons. The van der Waals surface area contributed by atoms with Crippen molar-refractivity contribution in [1.29, 1.82) is 0 Å². The van der Waals surface area contributed by atoms with E-state index in [9.17, 15) is 9.90 Å². The molecule has 2 aliphatic carbocycles. The van der Waals surface area contributed by atoms with Crippen molar-refractivity contribution in [3.05, 3.63) is 41.1 Å². The van der Waals surface area contributed by atoms with Gasteiger partial charge in [-0.25, -0.2) is 0 Å². The molecule has 0 spiro atoms. The van der Waals surface area contributed by atoms with Crippen molar-refractivity contribution in [2.75, 3.05) is 20.2 Å². The lowest BCUT2D eigenvalue weighted by Gasteiger charge is -2.40. The van der Waals surface area contributed by atoms with Crippen LogP contribution >= 0.6 is 0 Å². The number of rotatable bonds is 5. The first-order valence-electron chi connectivity index (χ1n) is 11.0. The Balaban J connectivity index is 1.58. The molecule has 5 heteroatoms. The summed E-state index contributed by atoms with van der Waals surface area (Å²) in [5, 5.41) is 13.9. The largest absolute Gasteiger partial charge is 0.394 e. The molecule has 1 fully saturated rings. The number of hydrogen-bond donors (Lipinski definition) is 2. The van der Waals surface area contributed by atoms with Crippen molar-refractivity contribution >= 4 is 22.4 Å². The fourth-order valence-corrected chi connectivity index (χ4v) is 5.45. The van der Waals surface area contributed by atoms with Gasteiger partial charge in [-0.05, 0) is 61.4 Å². The van der Waals surface area contributed by atoms with Gasteiger partial charge in [0.15, 0.2) is 0 Å². The Morgan fingerprint density at radius 3 is 2.79 bits per heavy atom. The number of likely N-dealkylation sites (N-methyl/N-ethyl adjacent to an activating group) is 1. The second-order valence-corrected chi connectivity index (χ2v) is 9.08. The number of amides is 1. The SMILES string of the molecule is CCC(CO)NC(=O)[C@@H]1C=C2c3cccc4c3c(c(C3CC3)n4C)C[C@H]2N(C)C1. The summed E-state index contributed by atoms with van der Waals surface area (Å²) >= 11 is 0. The number of aryl methyl sites for hydroxylation is 1. The van der Waals surface area contributed by atoms with Gasteiger partial charge in [0.1, 0.15) is 0 Å². The zero-order valence-electron chi connectivity index (χ0n) is 17.6. The third-order valence-electron chi connectivity index (χ3n) is 7.20. The van der Waals surface area contributed by atoms with Gasteiger partial charge < -0.3 is 15.0 Å². The number of nitrogens with one attached hydrogen (secondary N) is 1. The van der Waals surface area contributed by atoms with Crippen molar-refractivity contribution < 1.29 is 9.90 Å². The summed E-state index contributed by atoms with van der Waals surface area (Å²) in [5.41, 5.74) is 6.98. The Bertz CT molecular complexity index is 997. The van der Waals surface area contributed by atoms with E-state index in [1.807, 2.05) is 6.92 Å². The van der Waals surface area contributed by atoms with E-state index in [0.29, 0.717) is 6.04 Å². The lowest BCUT2D eigenvalue weighted by atomic mass is 9.79. The van der Waals surface area contributed by atoms with Gasteiger partial charge in [0.2, 0.25) is 5.91 Å². The zero-order chi connectivity index (χ0) is 20.3. The van der Waals surface area contributed by atoms with Crippen LogP contribution in [-0.4, -0.2) is 52.8 Å². The Hall–Kier alpha value is -2.11. The summed E-state index contributed by atoms with van der Waals surface area (Å²) < 4.78 is 2.42. The highest BCUT2D eigenvalue weighted by atomic mass is 16.3. The van der Waals surface area contributed by atoms with Crippen LogP contribution in [0.25, 0.3) is 16.5 Å². The van der Waals surface area contributed by atoms with E-state index in [1.165, 1.54) is 46.1 Å². The quantitative estimate of drug-likeness (QED) is 0.821. The Labute approximate surface area is 172 Å². The number of carbonyl (C=O) groups is 1. The number of benzene rings is 1. The first-order valence-corrected chi connectivity index (χ1v) is 11.0. The summed E-state index contributed by atoms with van der Waals surface area (Å²) in [7, 11) is 4.36. The molecule has 5 rings (SSSR count). The van der Waals surface area contributed by atoms with Crippen LogP contribution in [0.4, 0.5) is 0 Å². The molecular formula is C24H31N3O2. The number of aliphatic hydroxyl groups excluding tert-OH is 1. The molecule has 3 atom stereocenters. The van der Waals surface area contributed by atoms with Gasteiger partial charge in [-0.3, -0.25) is 9.69 Å². The second kappa shape index (κ2) is 6.99. The summed E-state index contributed by atoms with van der Waals surface area (Å²) in [4.78, 5) is 15.2. The standard InChI is InChI=1S/C24H31N3O2/c1-4-16(13-28)25-24(29)15-10-18-17-6-5-7-20-22(17)19(11-21(18)26(2)12-15)23(27(20)3)14-8-9-14/h5-7,10,14-16,21,28H,4,8-9,11-13H2,1-3H3,(H,25,29)/t15-,16?,21-/m1/s1. The van der Waals surface area contributed by atoms with E-state index in [4.69, 9.17) is 0 Å². The van der Waals surface area contributed by atoms with Crippen LogP contribution in [0.3, 0.4) is 0 Å². The van der Waals surface area contributed by atoms with Gasteiger partial charge in [0, 0.05) is 36.2 Å². The Morgan fingerprint density at radius 2 is 2.10 bits per heavy atom. The molecule has 1 saturated carbocycles. The predicted molar refractivity (Wildman–Crippen MR) is 116 cm³/mol. The molecule has 2 heterocycles. The molecule has 29 heavy (non-hydrogen) atoms. The molecule has 5 nitrogen and oxygen atoms in total. The Kier molecular flexibility index (Phi) is 4.56. The summed E-state index contributed by atoms with van der Waals surface area (Å²) in [6.07, 6.45) is 6.58. The molecule has 2 N–H and O–H groups in total. The number of carbonyl (C=O) groups excluding carboxylic acids is 1. The molecule has 1 aliphatic heterocycles. The van der Waals surface area contributed by atoms with Crippen LogP contribution in [0, 0.1) is 5.92 Å². The lowest BCUT2D eigenvalue weighted by Crippen LogP contribution is -2.48. The van der Waals surface area contributed by atoms with Gasteiger partial charge in [-0.2, -0.15) is 0 Å². The molecule has 0 saturated heterocycles. The van der Waals surface area contributed by atoms with Crippen molar-refractivity contribution in [2.24, 2.45) is 13.0 Å². The molecule has 2 aromatic rings. The highest BCUT2D eigenvalue weighted by Gasteiger charge is 2.39. The minimum atomic E-state index is -0.185. The maximum absolute atomic E-state index is 12.9. The average Bonchev–Trinajstić information content (AvgIpc) is 3.52. The topological polar surface area (TPSA) is 57.5 Å². The first kappa shape index (κ1) is 18.9. The van der Waals surface area contributed by atoms with Gasteiger partial charge in [-0.1, -0.05) is 25.1 Å². The lowest BCUT2D eigenvalue weighted by molar-refractivity contribution is -0.125. The molecular weight excluding hydrogens is 362 g/mol. The maximum Gasteiger partial charge on any atom is 0.228 e. The molecule has 0 bridgehead atoms. The van der Waals surface area contributed by atoms with Crippen molar-refractivity contribution in [2.45, 2.75) is 50.6 Å². The summed E-state index contributed by atoms with van der Waals surface area (Å²) in [6, 6.07) is 6.79. The maximum atomic E-state index is 12.9. The van der Waals surface area contributed by atoms with Crippen molar-refractivity contribution in [3.8, 4) is 0 Å². The van der Waals surface area contributed by atoms with Crippen molar-refractivity contribution in [1.82, 2.24) is 14.8 Å². The number of hydrogen-bond acceptors (Lipinski definition) is 3. The van der Waals surface area contributed by atoms with E-state index in [1.54, 1.807) is 0 Å². The van der Waals surface area contributed by atoms with Crippen LogP contribution in [-0.2, 0) is 18.3 Å². The summed E-state index contributed by atoms with van der Waals surface area (Å²) in [5.74, 6) is 0.557. The highest BCUT2D eigenvalue weighted by molar-refractivity contribution is 6.00. The number of aliphatic hydroxyl groups is 1. The first-order chi connectivity index (χ1) is 14.0. The normalized spacial score (nSPS) is 24.9. The molecule has 1 amide bonds. The van der Waals surface area contributed by atoms with Gasteiger partial charge in [0.05, 0.1) is 18.6 Å². The van der Waals surface area contributed by atoms with Gasteiger partial charge in [0.25, 0.3) is 0 Å². The van der Waals surface area contributed by atoms with Gasteiger partial charge in [-0.15, -0.1) is 0 Å². The molecule has 1 aromatic carbocycles. The van der Waals surface area contributed by atoms with Gasteiger partial charge >= 0.3 is 0 Å². The predicted octanol–water partition coefficient (Wildman–Crippen LogP) is 2.81. The van der Waals surface area contributed by atoms with Crippen LogP contribution in [0.15, 0.2) is 24.3 Å². The smallest absolute Gasteiger partial charge is 0.228 e. The number of fused-ring (bicyclic) bond motifs is 2. The molecule has 1 aromatic heterocycles. The monoisotopic (exact) mass is 393 g/mol. The Morgan fingerprint density at radius 1 is 1.31 bits per heavy atom. The van der Waals surface area contributed by atoms with Crippen LogP contribution in [0.1, 0.15) is 48.9 Å². The number of nitrogens with zero attached hydrogens (tertiary/aromatic N) is 2. The van der Waals surface area contributed by atoms with E-state index >= 15 is 0 Å². The fourth-order valence-electron chi connectivity index (χ4n) is 5.45. The minimum Gasteiger partial charge on any atom is -0.394 e. The minimum absolute atomic E-state index is 0.0133. The highest BCUT2D eigenvalue weighted by Crippen LogP contribution is 2.49. The molecule has 3 aliphatic rings. The third kappa shape index (κ3) is 2.94. The average molecular weight is 394 g/mol. The van der Waals surface area contributed by atoms with E-state index in [2.05, 4.69) is 53.2 Å². The fraction of sp³-hybridized carbons (Fsp3) is 0.542. The third-order valence-corrected chi connectivity index (χ3v) is 7.20. The number of aromatic nitrogens is 1. The van der Waals surface area contributed by atoms with Crippen LogP contribution < -0.4 is 5.32 Å². The molecule has 154 valence electrons. The molecule has 1 unspecified atom stereocenters. The van der Waals surface area contributed by atoms with E-state index in [0.717, 1.165) is 25.3 Å². The van der Waals surface area contributed by atoms with Crippen LogP contribution in [0.2, 0.25) is 0 Å². The zero-order valence-corrected chi connectivity index (χ0v) is 17.6. The summed E-state index contributed by atoms with van der Waals surface area (Å²) in [6.45, 7) is 2.69. The van der Waals surface area contributed by atoms with E-state index in [-0.39, 0.29) is 24.5 Å². The van der Waals surface area contributed by atoms with E-state index < -0.39 is 0 Å². The van der Waals surface area contributed by atoms with Crippen molar-refractivity contribution in [3.63, 3.8) is 0 Å². The van der Waals surface area contributed by atoms with Crippen LogP contribution in [0.5, 0.6) is 0 Å².